The quantitative estimate of drug-likeness (QED) is 0.652. The molecule has 2 heterocycles. The highest BCUT2D eigenvalue weighted by molar-refractivity contribution is 5.58. The van der Waals surface area contributed by atoms with Crippen LogP contribution >= 0.6 is 0 Å². The third kappa shape index (κ3) is 5.08. The molecule has 0 amide bonds. The van der Waals surface area contributed by atoms with Crippen LogP contribution in [-0.4, -0.2) is 38.1 Å². The summed E-state index contributed by atoms with van der Waals surface area (Å²) in [6.45, 7) is 14.5. The first-order valence-corrected chi connectivity index (χ1v) is 11.1. The van der Waals surface area contributed by atoms with E-state index in [-0.39, 0.29) is 5.41 Å². The summed E-state index contributed by atoms with van der Waals surface area (Å²) in [5, 5.41) is 0. The number of rotatable bonds is 4. The molecule has 1 atom stereocenters. The molecule has 1 unspecified atom stereocenters. The fourth-order valence-electron chi connectivity index (χ4n) is 5.32. The standard InChI is InChI=1S/C25H42N2/c1-24(2,3)21-9-11-23-20(16-21)8-10-22(27(23)7)18-25(4,5)17-19-12-14-26(6)15-13-19/h9,11,16,19,22H,8,10,12-15,17-18H2,1-7H3. The number of nitrogens with zero attached hydrogens (tertiary/aromatic N) is 2. The first kappa shape index (κ1) is 20.7. The highest BCUT2D eigenvalue weighted by atomic mass is 15.1. The largest absolute Gasteiger partial charge is 0.371 e. The Kier molecular flexibility index (Phi) is 5.96. The van der Waals surface area contributed by atoms with E-state index in [0.29, 0.717) is 11.5 Å². The van der Waals surface area contributed by atoms with Gasteiger partial charge in [-0.05, 0) is 92.6 Å². The maximum absolute atomic E-state index is 2.58. The van der Waals surface area contributed by atoms with E-state index >= 15 is 0 Å². The van der Waals surface area contributed by atoms with Crippen LogP contribution in [0.1, 0.15) is 77.8 Å². The fraction of sp³-hybridized carbons (Fsp3) is 0.760. The minimum atomic E-state index is 0.237. The third-order valence-electron chi connectivity index (χ3n) is 7.09. The minimum Gasteiger partial charge on any atom is -0.371 e. The van der Waals surface area contributed by atoms with Crippen LogP contribution in [0.5, 0.6) is 0 Å². The molecule has 1 aromatic rings. The Morgan fingerprint density at radius 3 is 2.22 bits per heavy atom. The van der Waals surface area contributed by atoms with E-state index in [4.69, 9.17) is 0 Å². The van der Waals surface area contributed by atoms with Crippen molar-refractivity contribution in [2.75, 3.05) is 32.1 Å². The van der Waals surface area contributed by atoms with Gasteiger partial charge in [-0.2, -0.15) is 0 Å². The lowest BCUT2D eigenvalue weighted by Crippen LogP contribution is -2.40. The average molecular weight is 371 g/mol. The van der Waals surface area contributed by atoms with E-state index in [1.165, 1.54) is 62.9 Å². The van der Waals surface area contributed by atoms with Crippen molar-refractivity contribution in [1.82, 2.24) is 4.90 Å². The molecule has 2 nitrogen and oxygen atoms in total. The van der Waals surface area contributed by atoms with Crippen LogP contribution in [0, 0.1) is 11.3 Å². The van der Waals surface area contributed by atoms with Crippen molar-refractivity contribution in [3.63, 3.8) is 0 Å². The van der Waals surface area contributed by atoms with Crippen LogP contribution in [0.3, 0.4) is 0 Å². The van der Waals surface area contributed by atoms with E-state index in [2.05, 4.69) is 76.7 Å². The maximum Gasteiger partial charge on any atom is 0.0398 e. The lowest BCUT2D eigenvalue weighted by Gasteiger charge is -2.42. The van der Waals surface area contributed by atoms with Gasteiger partial charge in [0.25, 0.3) is 0 Å². The molecule has 3 rings (SSSR count). The molecule has 27 heavy (non-hydrogen) atoms. The molecule has 0 radical (unpaired) electrons. The lowest BCUT2D eigenvalue weighted by molar-refractivity contribution is 0.154. The van der Waals surface area contributed by atoms with Crippen molar-refractivity contribution >= 4 is 5.69 Å². The lowest BCUT2D eigenvalue weighted by atomic mass is 9.73. The second-order valence-corrected chi connectivity index (χ2v) is 11.2. The van der Waals surface area contributed by atoms with Crippen LogP contribution in [0.4, 0.5) is 5.69 Å². The Labute approximate surface area is 168 Å². The fourth-order valence-corrected chi connectivity index (χ4v) is 5.32. The summed E-state index contributed by atoms with van der Waals surface area (Å²) in [5.41, 5.74) is 5.16. The molecule has 2 aliphatic heterocycles. The Hall–Kier alpha value is -1.02. The van der Waals surface area contributed by atoms with Crippen molar-refractivity contribution in [2.24, 2.45) is 11.3 Å². The van der Waals surface area contributed by atoms with Crippen LogP contribution in [0.15, 0.2) is 18.2 Å². The van der Waals surface area contributed by atoms with Gasteiger partial charge in [0.1, 0.15) is 0 Å². The highest BCUT2D eigenvalue weighted by Gasteiger charge is 2.32. The van der Waals surface area contributed by atoms with Crippen molar-refractivity contribution in [3.05, 3.63) is 29.3 Å². The van der Waals surface area contributed by atoms with E-state index in [1.54, 1.807) is 5.56 Å². The summed E-state index contributed by atoms with van der Waals surface area (Å²) in [6.07, 6.45) is 8.02. The summed E-state index contributed by atoms with van der Waals surface area (Å²) in [6, 6.07) is 7.87. The predicted octanol–water partition coefficient (Wildman–Crippen LogP) is 5.88. The average Bonchev–Trinajstić information content (AvgIpc) is 2.58. The Morgan fingerprint density at radius 2 is 1.59 bits per heavy atom. The number of hydrogen-bond acceptors (Lipinski definition) is 2. The zero-order chi connectivity index (χ0) is 19.8. The molecule has 1 saturated heterocycles. The van der Waals surface area contributed by atoms with Crippen LogP contribution in [0.25, 0.3) is 0 Å². The number of anilines is 1. The summed E-state index contributed by atoms with van der Waals surface area (Å²) >= 11 is 0. The third-order valence-corrected chi connectivity index (χ3v) is 7.09. The van der Waals surface area contributed by atoms with Gasteiger partial charge < -0.3 is 9.80 Å². The van der Waals surface area contributed by atoms with E-state index in [9.17, 15) is 0 Å². The second kappa shape index (κ2) is 7.78. The van der Waals surface area contributed by atoms with E-state index in [0.717, 1.165) is 5.92 Å². The van der Waals surface area contributed by atoms with Gasteiger partial charge in [-0.15, -0.1) is 0 Å². The molecule has 2 aliphatic rings. The van der Waals surface area contributed by atoms with Crippen LogP contribution in [0.2, 0.25) is 0 Å². The molecule has 152 valence electrons. The van der Waals surface area contributed by atoms with Gasteiger partial charge in [0, 0.05) is 18.8 Å². The zero-order valence-corrected chi connectivity index (χ0v) is 18.9. The number of aryl methyl sites for hydroxylation is 1. The molecule has 0 aliphatic carbocycles. The van der Waals surface area contributed by atoms with Gasteiger partial charge >= 0.3 is 0 Å². The van der Waals surface area contributed by atoms with Crippen molar-refractivity contribution < 1.29 is 0 Å². The van der Waals surface area contributed by atoms with Gasteiger partial charge in [0.05, 0.1) is 0 Å². The SMILES string of the molecule is CN1CCC(CC(C)(C)CC2CCc3cc(C(C)(C)C)ccc3N2C)CC1. The Balaban J connectivity index is 1.65. The van der Waals surface area contributed by atoms with Crippen molar-refractivity contribution in [3.8, 4) is 0 Å². The molecule has 0 N–H and O–H groups in total. The minimum absolute atomic E-state index is 0.237. The Morgan fingerprint density at radius 1 is 0.926 bits per heavy atom. The molecule has 0 spiro atoms. The smallest absolute Gasteiger partial charge is 0.0398 e. The Bertz CT molecular complexity index is 632. The molecule has 0 bridgehead atoms. The second-order valence-electron chi connectivity index (χ2n) is 11.2. The van der Waals surface area contributed by atoms with Crippen molar-refractivity contribution in [2.45, 2.75) is 84.6 Å². The topological polar surface area (TPSA) is 6.48 Å². The van der Waals surface area contributed by atoms with Gasteiger partial charge in [-0.1, -0.05) is 46.8 Å². The van der Waals surface area contributed by atoms with E-state index < -0.39 is 0 Å². The molecular weight excluding hydrogens is 328 g/mol. The molecule has 1 aromatic carbocycles. The van der Waals surface area contributed by atoms with Crippen LogP contribution < -0.4 is 4.90 Å². The first-order valence-electron chi connectivity index (χ1n) is 11.1. The summed E-state index contributed by atoms with van der Waals surface area (Å²) < 4.78 is 0. The van der Waals surface area contributed by atoms with Gasteiger partial charge in [0.15, 0.2) is 0 Å². The predicted molar refractivity (Wildman–Crippen MR) is 119 cm³/mol. The van der Waals surface area contributed by atoms with Gasteiger partial charge in [-0.25, -0.2) is 0 Å². The highest BCUT2D eigenvalue weighted by Crippen LogP contribution is 2.40. The molecule has 0 saturated carbocycles. The molecule has 2 heteroatoms. The van der Waals surface area contributed by atoms with Gasteiger partial charge in [0.2, 0.25) is 0 Å². The molecule has 0 aromatic heterocycles. The number of fused-ring (bicyclic) bond motifs is 1. The van der Waals surface area contributed by atoms with E-state index in [1.807, 2.05) is 0 Å². The number of likely N-dealkylation sites (tertiary alicyclic amines) is 1. The maximum atomic E-state index is 2.58. The normalized spacial score (nSPS) is 22.8. The van der Waals surface area contributed by atoms with Crippen LogP contribution in [-0.2, 0) is 11.8 Å². The van der Waals surface area contributed by atoms with Gasteiger partial charge in [-0.3, -0.25) is 0 Å². The molecule has 1 fully saturated rings. The summed E-state index contributed by atoms with van der Waals surface area (Å²) in [5.74, 6) is 0.923. The van der Waals surface area contributed by atoms with Crippen molar-refractivity contribution in [1.29, 1.82) is 0 Å². The first-order chi connectivity index (χ1) is 12.5. The monoisotopic (exact) mass is 370 g/mol. The number of benzene rings is 1. The summed E-state index contributed by atoms with van der Waals surface area (Å²) in [7, 11) is 4.59. The number of hydrogen-bond donors (Lipinski definition) is 0. The number of piperidine rings is 1. The summed E-state index contributed by atoms with van der Waals surface area (Å²) in [4.78, 5) is 5.07. The molecular formula is C25H42N2. The zero-order valence-electron chi connectivity index (χ0n) is 18.9.